The van der Waals surface area contributed by atoms with Crippen molar-refractivity contribution in [2.45, 2.75) is 50.9 Å². The highest BCUT2D eigenvalue weighted by molar-refractivity contribution is 5.87. The van der Waals surface area contributed by atoms with E-state index in [4.69, 9.17) is 23.9 Å². The van der Waals surface area contributed by atoms with Gasteiger partial charge in [-0.15, -0.1) is 0 Å². The smallest absolute Gasteiger partial charge is 0.146 e. The van der Waals surface area contributed by atoms with E-state index in [1.807, 2.05) is 74.5 Å². The van der Waals surface area contributed by atoms with E-state index in [0.717, 1.165) is 33.4 Å². The Balaban J connectivity index is 1.24. The average Bonchev–Trinajstić information content (AvgIpc) is 3.48. The van der Waals surface area contributed by atoms with Crippen LogP contribution in [0.5, 0.6) is 23.0 Å². The Kier molecular flexibility index (Phi) is 8.83. The van der Waals surface area contributed by atoms with E-state index in [2.05, 4.69) is 107 Å². The number of rotatable bonds is 2. The highest BCUT2D eigenvalue weighted by Crippen LogP contribution is 2.57. The molecule has 6 aromatic carbocycles. The number of nitrogens with zero attached hydrogens (tertiary/aromatic N) is 4. The van der Waals surface area contributed by atoms with Gasteiger partial charge in [0.2, 0.25) is 0 Å². The second kappa shape index (κ2) is 14.3. The molecule has 1 aliphatic carbocycles. The zero-order valence-electron chi connectivity index (χ0n) is 30.8. The third-order valence-electron chi connectivity index (χ3n) is 10.3. The third-order valence-corrected chi connectivity index (χ3v) is 10.3. The van der Waals surface area contributed by atoms with E-state index in [0.29, 0.717) is 58.8 Å². The summed E-state index contributed by atoms with van der Waals surface area (Å²) in [5.74, 6) is 2.58. The monoisotopic (exact) mass is 722 g/mol. The Morgan fingerprint density at radius 2 is 0.909 bits per heavy atom. The van der Waals surface area contributed by atoms with Crippen molar-refractivity contribution in [3.63, 3.8) is 0 Å². The molecule has 8 heteroatoms. The summed E-state index contributed by atoms with van der Waals surface area (Å²) in [4.78, 5) is 18.4. The van der Waals surface area contributed by atoms with Gasteiger partial charge in [0, 0.05) is 6.42 Å². The Hall–Kier alpha value is -6.72. The molecule has 0 spiro atoms. The van der Waals surface area contributed by atoms with Gasteiger partial charge in [-0.3, -0.25) is 0 Å². The molecular formula is C47H38N4O4. The standard InChI is InChI=1S/C47H38N4O4/c1-30-24-31(2)54-46-26-34(21-23-42(46)51-29-49-39-16-8-10-18-43(39)53-30)47(37-14-6-4-12-35(37)36-13-5-7-15-38(36)47)33-20-22-41-45(25-33)52-27-32(3)55-44-19-11-9-17-40(44)48-28-50-41/h4-23,25-26,30-32H,24,27H2,1-3H3. The number of fused-ring (bicyclic) bond motifs is 7. The minimum absolute atomic E-state index is 0.120. The van der Waals surface area contributed by atoms with Crippen LogP contribution < -0.4 is 18.9 Å². The van der Waals surface area contributed by atoms with Gasteiger partial charge in [-0.1, -0.05) is 84.9 Å². The topological polar surface area (TPSA) is 86.4 Å². The Morgan fingerprint density at radius 1 is 0.473 bits per heavy atom. The molecule has 3 aliphatic rings. The maximum atomic E-state index is 6.75. The lowest BCUT2D eigenvalue weighted by atomic mass is 9.67. The van der Waals surface area contributed by atoms with Crippen LogP contribution in [0.4, 0.5) is 22.7 Å². The fourth-order valence-electron chi connectivity index (χ4n) is 7.93. The van der Waals surface area contributed by atoms with Gasteiger partial charge in [0.1, 0.15) is 70.5 Å². The van der Waals surface area contributed by atoms with Crippen molar-refractivity contribution in [3.05, 3.63) is 156 Å². The lowest BCUT2D eigenvalue weighted by Gasteiger charge is -2.34. The minimum atomic E-state index is -0.758. The molecule has 0 saturated carbocycles. The molecule has 2 aliphatic heterocycles. The summed E-state index contributed by atoms with van der Waals surface area (Å²) in [5, 5.41) is 0. The van der Waals surface area contributed by atoms with E-state index in [1.54, 1.807) is 0 Å². The molecule has 0 saturated heterocycles. The Labute approximate surface area is 320 Å². The van der Waals surface area contributed by atoms with Crippen molar-refractivity contribution in [1.82, 2.24) is 0 Å². The highest BCUT2D eigenvalue weighted by atomic mass is 16.5. The lowest BCUT2D eigenvalue weighted by molar-refractivity contribution is 0.131. The molecule has 0 amide bonds. The van der Waals surface area contributed by atoms with Crippen LogP contribution in [0.2, 0.25) is 0 Å². The molecule has 3 unspecified atom stereocenters. The summed E-state index contributed by atoms with van der Waals surface area (Å²) >= 11 is 0. The van der Waals surface area contributed by atoms with Crippen LogP contribution in [0.15, 0.2) is 153 Å². The maximum absolute atomic E-state index is 6.75. The van der Waals surface area contributed by atoms with Gasteiger partial charge in [-0.05, 0) is 103 Å². The van der Waals surface area contributed by atoms with E-state index in [9.17, 15) is 0 Å². The lowest BCUT2D eigenvalue weighted by Crippen LogP contribution is -2.29. The van der Waals surface area contributed by atoms with E-state index in [-0.39, 0.29) is 18.3 Å². The van der Waals surface area contributed by atoms with Crippen molar-refractivity contribution in [2.75, 3.05) is 6.61 Å². The minimum Gasteiger partial charge on any atom is -0.488 e. The molecule has 9 rings (SSSR count). The van der Waals surface area contributed by atoms with Crippen molar-refractivity contribution in [2.24, 2.45) is 20.0 Å². The van der Waals surface area contributed by atoms with E-state index in [1.165, 1.54) is 0 Å². The molecular weight excluding hydrogens is 685 g/mol. The summed E-state index contributed by atoms with van der Waals surface area (Å²) in [6.45, 7) is 6.40. The van der Waals surface area contributed by atoms with Crippen molar-refractivity contribution in [3.8, 4) is 34.1 Å². The predicted octanol–water partition coefficient (Wildman–Crippen LogP) is 11.4. The molecule has 2 heterocycles. The number of para-hydroxylation sites is 4. The first-order valence-electron chi connectivity index (χ1n) is 18.6. The largest absolute Gasteiger partial charge is 0.488 e. The molecule has 0 bridgehead atoms. The normalized spacial score (nSPS) is 19.1. The summed E-state index contributed by atoms with van der Waals surface area (Å²) in [6.07, 6.45) is 0.0964. The van der Waals surface area contributed by atoms with Crippen LogP contribution in [0.1, 0.15) is 49.4 Å². The van der Waals surface area contributed by atoms with Crippen LogP contribution in [0.3, 0.4) is 0 Å². The van der Waals surface area contributed by atoms with Crippen LogP contribution in [-0.4, -0.2) is 36.9 Å². The SMILES string of the molecule is CC1COc2cc(C3(c4ccc5c(c4)OC(C)CC(C)Oc4ccccc4N=C=N5)c4ccccc4-c4ccccc43)ccc2N=C=Nc2ccccc2O1. The molecule has 0 fully saturated rings. The van der Waals surface area contributed by atoms with Gasteiger partial charge >= 0.3 is 0 Å². The molecule has 0 N–H and O–H groups in total. The van der Waals surface area contributed by atoms with Crippen molar-refractivity contribution < 1.29 is 18.9 Å². The number of aliphatic imine (C=N–C) groups is 4. The number of ether oxygens (including phenoxy) is 4. The van der Waals surface area contributed by atoms with Gasteiger partial charge in [-0.2, -0.15) is 20.0 Å². The first-order valence-corrected chi connectivity index (χ1v) is 18.6. The average molecular weight is 723 g/mol. The molecule has 6 aromatic rings. The number of benzene rings is 6. The molecule has 270 valence electrons. The zero-order chi connectivity index (χ0) is 37.4. The molecule has 0 radical (unpaired) electrons. The number of hydrogen-bond acceptors (Lipinski definition) is 8. The van der Waals surface area contributed by atoms with Crippen LogP contribution in [-0.2, 0) is 5.41 Å². The molecule has 55 heavy (non-hydrogen) atoms. The van der Waals surface area contributed by atoms with E-state index < -0.39 is 5.41 Å². The van der Waals surface area contributed by atoms with Gasteiger partial charge in [0.25, 0.3) is 0 Å². The second-order valence-corrected chi connectivity index (χ2v) is 14.1. The van der Waals surface area contributed by atoms with Gasteiger partial charge in [-0.25, -0.2) is 0 Å². The summed E-state index contributed by atoms with van der Waals surface area (Å²) < 4.78 is 25.9. The predicted molar refractivity (Wildman–Crippen MR) is 215 cm³/mol. The third kappa shape index (κ3) is 6.28. The van der Waals surface area contributed by atoms with Crippen molar-refractivity contribution >= 4 is 34.8 Å². The van der Waals surface area contributed by atoms with Crippen LogP contribution in [0, 0.1) is 0 Å². The van der Waals surface area contributed by atoms with Gasteiger partial charge < -0.3 is 18.9 Å². The number of hydrogen-bond donors (Lipinski definition) is 0. The quantitative estimate of drug-likeness (QED) is 0.178. The first kappa shape index (κ1) is 34.1. The highest BCUT2D eigenvalue weighted by Gasteiger charge is 2.46. The van der Waals surface area contributed by atoms with E-state index >= 15 is 0 Å². The Bertz CT molecular complexity index is 2520. The second-order valence-electron chi connectivity index (χ2n) is 14.1. The Morgan fingerprint density at radius 3 is 1.49 bits per heavy atom. The fraction of sp³-hybridized carbons (Fsp3) is 0.191. The molecule has 8 nitrogen and oxygen atoms in total. The van der Waals surface area contributed by atoms with Gasteiger partial charge in [0.05, 0.1) is 17.6 Å². The summed E-state index contributed by atoms with van der Waals surface area (Å²) in [6, 6.07) is 50.8. The molecule has 3 atom stereocenters. The molecule has 0 aromatic heterocycles. The van der Waals surface area contributed by atoms with Crippen molar-refractivity contribution in [1.29, 1.82) is 0 Å². The summed E-state index contributed by atoms with van der Waals surface area (Å²) in [5.41, 5.74) is 8.47. The maximum Gasteiger partial charge on any atom is 0.146 e. The van der Waals surface area contributed by atoms with Crippen LogP contribution in [0.25, 0.3) is 11.1 Å². The zero-order valence-corrected chi connectivity index (χ0v) is 30.8. The summed E-state index contributed by atoms with van der Waals surface area (Å²) in [7, 11) is 0. The first-order chi connectivity index (χ1) is 27.0. The fourth-order valence-corrected chi connectivity index (χ4v) is 7.93. The van der Waals surface area contributed by atoms with Crippen LogP contribution >= 0.6 is 0 Å². The van der Waals surface area contributed by atoms with Gasteiger partial charge in [0.15, 0.2) is 0 Å².